The number of phenols is 2. The molecular weight excluding hydrogens is 510 g/mol. The van der Waals surface area contributed by atoms with E-state index in [1.165, 1.54) is 21.6 Å². The second-order valence-electron chi connectivity index (χ2n) is 15.1. The van der Waals surface area contributed by atoms with Gasteiger partial charge in [-0.25, -0.2) is 0 Å². The van der Waals surface area contributed by atoms with E-state index in [0.717, 1.165) is 43.2 Å². The van der Waals surface area contributed by atoms with Gasteiger partial charge in [0.15, 0.2) is 11.5 Å². The summed E-state index contributed by atoms with van der Waals surface area (Å²) in [7, 11) is 0. The number of nitriles is 1. The molecule has 3 nitrogen and oxygen atoms in total. The Morgan fingerprint density at radius 2 is 1.62 bits per heavy atom. The number of thioether (sulfide) groups is 1. The molecule has 0 bridgehead atoms. The molecule has 2 N–H and O–H groups in total. The lowest BCUT2D eigenvalue weighted by molar-refractivity contribution is -0.125. The van der Waals surface area contributed by atoms with Crippen LogP contribution in [0.3, 0.4) is 0 Å². The second-order valence-corrected chi connectivity index (χ2v) is 16.3. The molecule has 0 saturated heterocycles. The normalized spacial score (nSPS) is 32.8. The topological polar surface area (TPSA) is 64.2 Å². The van der Waals surface area contributed by atoms with Crippen molar-refractivity contribution in [2.45, 2.75) is 110 Å². The fourth-order valence-electron chi connectivity index (χ4n) is 8.85. The second kappa shape index (κ2) is 9.32. The van der Waals surface area contributed by atoms with E-state index in [-0.39, 0.29) is 43.8 Å². The summed E-state index contributed by atoms with van der Waals surface area (Å²) in [5.74, 6) is 0.395. The lowest BCUT2D eigenvalue weighted by Gasteiger charge is -2.68. The molecule has 5 rings (SSSR count). The molecule has 1 unspecified atom stereocenters. The molecule has 214 valence electrons. The van der Waals surface area contributed by atoms with Crippen LogP contribution >= 0.6 is 11.8 Å². The summed E-state index contributed by atoms with van der Waals surface area (Å²) in [6, 6.07) is 13.2. The van der Waals surface area contributed by atoms with Crippen molar-refractivity contribution in [2.24, 2.45) is 27.6 Å². The number of allylic oxidation sites excluding steroid dienone is 1. The van der Waals surface area contributed by atoms with Gasteiger partial charge in [-0.2, -0.15) is 5.26 Å². The van der Waals surface area contributed by atoms with Crippen LogP contribution in [0.15, 0.2) is 46.9 Å². The van der Waals surface area contributed by atoms with Gasteiger partial charge in [0, 0.05) is 10.3 Å². The van der Waals surface area contributed by atoms with Gasteiger partial charge < -0.3 is 10.2 Å². The first-order chi connectivity index (χ1) is 18.5. The third kappa shape index (κ3) is 4.22. The van der Waals surface area contributed by atoms with Crippen molar-refractivity contribution >= 4 is 11.8 Å². The van der Waals surface area contributed by atoms with Crippen LogP contribution in [-0.4, -0.2) is 10.2 Å². The zero-order valence-corrected chi connectivity index (χ0v) is 26.7. The van der Waals surface area contributed by atoms with E-state index in [1.807, 2.05) is 24.8 Å². The van der Waals surface area contributed by atoms with Gasteiger partial charge in [0.05, 0.1) is 16.7 Å². The van der Waals surface area contributed by atoms with Crippen molar-refractivity contribution in [3.05, 3.63) is 64.2 Å². The summed E-state index contributed by atoms with van der Waals surface area (Å²) in [5, 5.41) is 31.8. The van der Waals surface area contributed by atoms with Crippen LogP contribution in [0.4, 0.5) is 0 Å². The number of aryl methyl sites for hydroxylation is 1. The van der Waals surface area contributed by atoms with Gasteiger partial charge in [-0.15, -0.1) is 11.8 Å². The molecule has 0 aliphatic heterocycles. The van der Waals surface area contributed by atoms with Gasteiger partial charge in [-0.05, 0) is 117 Å². The average Bonchev–Trinajstić information content (AvgIpc) is 2.89. The molecule has 3 aliphatic rings. The number of nitrogens with zero attached hydrogens (tertiary/aromatic N) is 1. The minimum absolute atomic E-state index is 0.00113. The Labute approximate surface area is 246 Å². The van der Waals surface area contributed by atoms with Gasteiger partial charge in [0.2, 0.25) is 0 Å². The smallest absolute Gasteiger partial charge is 0.160 e. The maximum absolute atomic E-state index is 10.9. The van der Waals surface area contributed by atoms with Crippen LogP contribution in [-0.2, 0) is 5.41 Å². The Morgan fingerprint density at radius 3 is 2.25 bits per heavy atom. The molecule has 0 spiro atoms. The van der Waals surface area contributed by atoms with Gasteiger partial charge in [0.25, 0.3) is 0 Å². The summed E-state index contributed by atoms with van der Waals surface area (Å²) in [6.45, 7) is 20.5. The highest BCUT2D eigenvalue weighted by Crippen LogP contribution is 2.73. The first-order valence-corrected chi connectivity index (χ1v) is 15.8. The number of benzene rings is 2. The Kier molecular flexibility index (Phi) is 6.78. The van der Waals surface area contributed by atoms with E-state index in [4.69, 9.17) is 0 Å². The van der Waals surface area contributed by atoms with Crippen LogP contribution in [0.25, 0.3) is 0 Å². The van der Waals surface area contributed by atoms with Crippen molar-refractivity contribution in [3.8, 4) is 17.6 Å². The fourth-order valence-corrected chi connectivity index (χ4v) is 10.1. The summed E-state index contributed by atoms with van der Waals surface area (Å²) >= 11 is 1.84. The first kappa shape index (κ1) is 29.1. The molecule has 0 amide bonds. The molecule has 5 atom stereocenters. The SMILES string of the molecule is Cc1ccc(SC2C=C3[C@@](C)(CC[C@@]4(C)[C@H](CC(C)(C)C#N)C(C)(C)CC[C@]34C)c3cc(O)c(O)c(C)c32)cc1. The molecule has 2 aromatic rings. The van der Waals surface area contributed by atoms with Gasteiger partial charge in [0.1, 0.15) is 0 Å². The van der Waals surface area contributed by atoms with E-state index >= 15 is 0 Å². The molecule has 40 heavy (non-hydrogen) atoms. The highest BCUT2D eigenvalue weighted by atomic mass is 32.2. The van der Waals surface area contributed by atoms with E-state index in [1.54, 1.807) is 0 Å². The lowest BCUT2D eigenvalue weighted by atomic mass is 9.36. The largest absolute Gasteiger partial charge is 0.504 e. The Bertz CT molecular complexity index is 1410. The van der Waals surface area contributed by atoms with Crippen molar-refractivity contribution in [2.75, 3.05) is 0 Å². The van der Waals surface area contributed by atoms with Crippen LogP contribution in [0.1, 0.15) is 108 Å². The monoisotopic (exact) mass is 557 g/mol. The molecule has 4 heteroatoms. The molecule has 3 aliphatic carbocycles. The standard InChI is InChI=1S/C36H47NO2S/c1-22-10-12-24(13-11-22)40-27-19-28-34(7,25-18-26(38)31(39)23(2)30(25)27)15-17-36(9)29(20-32(3,4)21-37)33(5,6)14-16-35(28,36)8/h10-13,18-19,27,29,38-39H,14-17,20H2,1-9H3/t27?,29-,34+,35-,36+/m1/s1. The minimum Gasteiger partial charge on any atom is -0.504 e. The molecule has 0 radical (unpaired) electrons. The third-order valence-corrected chi connectivity index (χ3v) is 12.8. The molecule has 2 fully saturated rings. The summed E-state index contributed by atoms with van der Waals surface area (Å²) < 4.78 is 0. The van der Waals surface area contributed by atoms with Crippen molar-refractivity contribution in [1.29, 1.82) is 5.26 Å². The number of aromatic hydroxyl groups is 2. The van der Waals surface area contributed by atoms with Crippen molar-refractivity contribution < 1.29 is 10.2 Å². The Hall–Kier alpha value is -2.38. The average molecular weight is 558 g/mol. The number of fused-ring (bicyclic) bond motifs is 5. The molecule has 2 aromatic carbocycles. The van der Waals surface area contributed by atoms with Gasteiger partial charge in [-0.1, -0.05) is 64.0 Å². The Balaban J connectivity index is 1.71. The van der Waals surface area contributed by atoms with E-state index in [2.05, 4.69) is 91.8 Å². The fraction of sp³-hybridized carbons (Fsp3) is 0.583. The van der Waals surface area contributed by atoms with Gasteiger partial charge >= 0.3 is 0 Å². The number of phenolic OH excluding ortho intramolecular Hbond substituents is 2. The van der Waals surface area contributed by atoms with Gasteiger partial charge in [-0.3, -0.25) is 0 Å². The van der Waals surface area contributed by atoms with Crippen molar-refractivity contribution in [1.82, 2.24) is 0 Å². The predicted octanol–water partition coefficient (Wildman–Crippen LogP) is 9.93. The predicted molar refractivity (Wildman–Crippen MR) is 166 cm³/mol. The summed E-state index contributed by atoms with van der Waals surface area (Å²) in [6.07, 6.45) is 7.74. The lowest BCUT2D eigenvalue weighted by Crippen LogP contribution is -2.60. The van der Waals surface area contributed by atoms with Crippen LogP contribution < -0.4 is 0 Å². The summed E-state index contributed by atoms with van der Waals surface area (Å²) in [5.41, 5.74) is 5.39. The van der Waals surface area contributed by atoms with Crippen LogP contribution in [0.5, 0.6) is 11.5 Å². The minimum atomic E-state index is -0.373. The zero-order chi connectivity index (χ0) is 29.5. The third-order valence-electron chi connectivity index (χ3n) is 11.6. The highest BCUT2D eigenvalue weighted by molar-refractivity contribution is 7.99. The molecule has 0 heterocycles. The van der Waals surface area contributed by atoms with E-state index in [0.29, 0.717) is 5.92 Å². The molecule has 2 saturated carbocycles. The Morgan fingerprint density at radius 1 is 0.975 bits per heavy atom. The zero-order valence-electron chi connectivity index (χ0n) is 25.9. The van der Waals surface area contributed by atoms with E-state index < -0.39 is 0 Å². The summed E-state index contributed by atoms with van der Waals surface area (Å²) in [4.78, 5) is 1.20. The number of hydrogen-bond donors (Lipinski definition) is 2. The van der Waals surface area contributed by atoms with E-state index in [9.17, 15) is 15.5 Å². The van der Waals surface area contributed by atoms with Crippen molar-refractivity contribution in [3.63, 3.8) is 0 Å². The first-order valence-electron chi connectivity index (χ1n) is 14.9. The van der Waals surface area contributed by atoms with Crippen LogP contribution in [0.2, 0.25) is 0 Å². The molecule has 0 aromatic heterocycles. The maximum Gasteiger partial charge on any atom is 0.160 e. The maximum atomic E-state index is 10.9. The number of rotatable bonds is 4. The highest BCUT2D eigenvalue weighted by Gasteiger charge is 2.65. The quantitative estimate of drug-likeness (QED) is 0.290. The van der Waals surface area contributed by atoms with Crippen LogP contribution in [0, 0.1) is 52.8 Å². The molecular formula is C36H47NO2S. The number of hydrogen-bond acceptors (Lipinski definition) is 4.